The van der Waals surface area contributed by atoms with E-state index >= 15 is 0 Å². The number of fused-ring (bicyclic) bond motifs is 1. The van der Waals surface area contributed by atoms with Gasteiger partial charge in [0.05, 0.1) is 18.2 Å². The summed E-state index contributed by atoms with van der Waals surface area (Å²) in [6.07, 6.45) is 1.80. The lowest BCUT2D eigenvalue weighted by Gasteiger charge is -2.05. The van der Waals surface area contributed by atoms with Crippen LogP contribution in [0.5, 0.6) is 5.88 Å². The quantitative estimate of drug-likeness (QED) is 0.777. The maximum atomic E-state index is 13.6. The molecular formula is C17H13FN2O. The average Bonchev–Trinajstić information content (AvgIpc) is 2.81. The van der Waals surface area contributed by atoms with E-state index in [0.717, 1.165) is 10.9 Å². The Balaban J connectivity index is 2.03. The lowest BCUT2D eigenvalue weighted by atomic mass is 10.1. The summed E-state index contributed by atoms with van der Waals surface area (Å²) in [6.45, 7) is 2.12. The van der Waals surface area contributed by atoms with Crippen LogP contribution >= 0.6 is 0 Å². The van der Waals surface area contributed by atoms with Crippen molar-refractivity contribution in [3.8, 4) is 11.9 Å². The van der Waals surface area contributed by atoms with Crippen LogP contribution in [0.25, 0.3) is 10.8 Å². The predicted molar refractivity (Wildman–Crippen MR) is 78.6 cm³/mol. The van der Waals surface area contributed by atoms with Gasteiger partial charge in [0.1, 0.15) is 5.82 Å². The number of aromatic hydroxyl groups is 1. The Morgan fingerprint density at radius 2 is 1.90 bits per heavy atom. The molecule has 2 aromatic carbocycles. The number of nitriles is 1. The molecule has 0 radical (unpaired) electrons. The molecule has 0 aliphatic carbocycles. The van der Waals surface area contributed by atoms with Crippen LogP contribution in [0.1, 0.15) is 16.7 Å². The highest BCUT2D eigenvalue weighted by atomic mass is 19.1. The van der Waals surface area contributed by atoms with Crippen LogP contribution in [0.3, 0.4) is 0 Å². The molecule has 104 valence electrons. The molecule has 0 saturated heterocycles. The second-order valence-electron chi connectivity index (χ2n) is 5.03. The standard InChI is InChI=1S/C17H13FN2O/c1-11-15(18)7-6-14-10-20(17(21)16(11)14)9-13-4-2-12(8-19)3-5-13/h2-7,10,21H,9H2,1H3. The molecule has 0 aliphatic rings. The van der Waals surface area contributed by atoms with Gasteiger partial charge in [-0.05, 0) is 42.3 Å². The van der Waals surface area contributed by atoms with E-state index in [0.29, 0.717) is 23.1 Å². The molecule has 3 rings (SSSR count). The fourth-order valence-electron chi connectivity index (χ4n) is 2.49. The number of rotatable bonds is 2. The van der Waals surface area contributed by atoms with Crippen molar-refractivity contribution in [2.45, 2.75) is 13.5 Å². The Kier molecular flexibility index (Phi) is 3.11. The molecule has 0 amide bonds. The maximum Gasteiger partial charge on any atom is 0.199 e. The SMILES string of the molecule is Cc1c(F)ccc2cn(Cc3ccc(C#N)cc3)c(O)c12. The number of halogens is 1. The molecule has 1 aromatic heterocycles. The summed E-state index contributed by atoms with van der Waals surface area (Å²) >= 11 is 0. The third kappa shape index (κ3) is 2.23. The van der Waals surface area contributed by atoms with Gasteiger partial charge in [-0.25, -0.2) is 4.39 Å². The van der Waals surface area contributed by atoms with Gasteiger partial charge in [-0.1, -0.05) is 12.1 Å². The number of hydrogen-bond acceptors (Lipinski definition) is 2. The van der Waals surface area contributed by atoms with Gasteiger partial charge in [0.15, 0.2) is 5.88 Å². The van der Waals surface area contributed by atoms with E-state index < -0.39 is 0 Å². The molecule has 3 nitrogen and oxygen atoms in total. The minimum absolute atomic E-state index is 0.0614. The summed E-state index contributed by atoms with van der Waals surface area (Å²) in [4.78, 5) is 0. The molecule has 4 heteroatoms. The molecular weight excluding hydrogens is 267 g/mol. The van der Waals surface area contributed by atoms with Crippen LogP contribution in [-0.4, -0.2) is 9.67 Å². The zero-order valence-corrected chi connectivity index (χ0v) is 11.5. The second-order valence-corrected chi connectivity index (χ2v) is 5.03. The zero-order chi connectivity index (χ0) is 15.0. The second kappa shape index (κ2) is 4.95. The molecule has 0 saturated carbocycles. The first-order valence-electron chi connectivity index (χ1n) is 6.56. The molecule has 0 aliphatic heterocycles. The minimum atomic E-state index is -0.325. The largest absolute Gasteiger partial charge is 0.494 e. The maximum absolute atomic E-state index is 13.6. The van der Waals surface area contributed by atoms with Crippen LogP contribution in [-0.2, 0) is 6.54 Å². The van der Waals surface area contributed by atoms with Crippen LogP contribution in [0.15, 0.2) is 42.6 Å². The molecule has 21 heavy (non-hydrogen) atoms. The van der Waals surface area contributed by atoms with E-state index in [9.17, 15) is 9.50 Å². The summed E-state index contributed by atoms with van der Waals surface area (Å²) in [7, 11) is 0. The van der Waals surface area contributed by atoms with E-state index in [4.69, 9.17) is 5.26 Å². The number of aromatic nitrogens is 1. The number of aryl methyl sites for hydroxylation is 1. The normalized spacial score (nSPS) is 10.7. The van der Waals surface area contributed by atoms with Crippen LogP contribution in [0.4, 0.5) is 4.39 Å². The fraction of sp³-hybridized carbons (Fsp3) is 0.118. The third-order valence-corrected chi connectivity index (χ3v) is 3.66. The van der Waals surface area contributed by atoms with Crippen molar-refractivity contribution in [3.05, 3.63) is 65.1 Å². The highest BCUT2D eigenvalue weighted by molar-refractivity contribution is 5.91. The van der Waals surface area contributed by atoms with E-state index in [1.165, 1.54) is 6.07 Å². The zero-order valence-electron chi connectivity index (χ0n) is 11.5. The summed E-state index contributed by atoms with van der Waals surface area (Å²) < 4.78 is 15.3. The van der Waals surface area contributed by atoms with Gasteiger partial charge >= 0.3 is 0 Å². The summed E-state index contributed by atoms with van der Waals surface area (Å²) in [5.41, 5.74) is 2.00. The molecule has 0 fully saturated rings. The topological polar surface area (TPSA) is 49.0 Å². The lowest BCUT2D eigenvalue weighted by Crippen LogP contribution is -1.97. The van der Waals surface area contributed by atoms with Gasteiger partial charge in [-0.15, -0.1) is 0 Å². The molecule has 1 N–H and O–H groups in total. The van der Waals surface area contributed by atoms with Crippen molar-refractivity contribution < 1.29 is 9.50 Å². The summed E-state index contributed by atoms with van der Waals surface area (Å²) in [5.74, 6) is -0.264. The van der Waals surface area contributed by atoms with Crippen LogP contribution < -0.4 is 0 Å². The van der Waals surface area contributed by atoms with Crippen molar-refractivity contribution in [3.63, 3.8) is 0 Å². The number of benzene rings is 2. The van der Waals surface area contributed by atoms with E-state index in [2.05, 4.69) is 6.07 Å². The van der Waals surface area contributed by atoms with Crippen LogP contribution in [0.2, 0.25) is 0 Å². The molecule has 0 spiro atoms. The van der Waals surface area contributed by atoms with Gasteiger partial charge in [-0.3, -0.25) is 0 Å². The lowest BCUT2D eigenvalue weighted by molar-refractivity contribution is 0.429. The fourth-order valence-corrected chi connectivity index (χ4v) is 2.49. The molecule has 0 bridgehead atoms. The molecule has 0 unspecified atom stereocenters. The van der Waals surface area contributed by atoms with E-state index in [1.54, 1.807) is 35.9 Å². The van der Waals surface area contributed by atoms with Gasteiger partial charge in [0.25, 0.3) is 0 Å². The third-order valence-electron chi connectivity index (χ3n) is 3.66. The highest BCUT2D eigenvalue weighted by Crippen LogP contribution is 2.31. The monoisotopic (exact) mass is 280 g/mol. The highest BCUT2D eigenvalue weighted by Gasteiger charge is 2.13. The Hall–Kier alpha value is -2.80. The van der Waals surface area contributed by atoms with Gasteiger partial charge in [-0.2, -0.15) is 5.26 Å². The molecule has 0 atom stereocenters. The first kappa shape index (κ1) is 13.2. The van der Waals surface area contributed by atoms with Gasteiger partial charge in [0.2, 0.25) is 0 Å². The summed E-state index contributed by atoms with van der Waals surface area (Å²) in [5, 5.41) is 20.4. The Bertz CT molecular complexity index is 857. The Morgan fingerprint density at radius 1 is 1.19 bits per heavy atom. The molecule has 1 heterocycles. The minimum Gasteiger partial charge on any atom is -0.494 e. The Morgan fingerprint density at radius 3 is 2.57 bits per heavy atom. The molecule has 3 aromatic rings. The average molecular weight is 280 g/mol. The van der Waals surface area contributed by atoms with Crippen LogP contribution in [0, 0.1) is 24.1 Å². The van der Waals surface area contributed by atoms with E-state index in [-0.39, 0.29) is 11.7 Å². The number of nitrogens with zero attached hydrogens (tertiary/aromatic N) is 2. The first-order valence-corrected chi connectivity index (χ1v) is 6.56. The van der Waals surface area contributed by atoms with Gasteiger partial charge in [0, 0.05) is 17.0 Å². The van der Waals surface area contributed by atoms with Crippen molar-refractivity contribution >= 4 is 10.8 Å². The summed E-state index contributed by atoms with van der Waals surface area (Å²) in [6, 6.07) is 12.3. The van der Waals surface area contributed by atoms with Gasteiger partial charge < -0.3 is 9.67 Å². The van der Waals surface area contributed by atoms with Crippen molar-refractivity contribution in [2.75, 3.05) is 0 Å². The Labute approximate surface area is 121 Å². The van der Waals surface area contributed by atoms with Crippen molar-refractivity contribution in [1.82, 2.24) is 4.57 Å². The smallest absolute Gasteiger partial charge is 0.199 e. The van der Waals surface area contributed by atoms with E-state index in [1.807, 2.05) is 12.1 Å². The first-order chi connectivity index (χ1) is 10.1. The van der Waals surface area contributed by atoms with Crippen molar-refractivity contribution in [1.29, 1.82) is 5.26 Å². The predicted octanol–water partition coefficient (Wildman–Crippen LogP) is 3.71. The number of hydrogen-bond donors (Lipinski definition) is 1. The van der Waals surface area contributed by atoms with Crippen molar-refractivity contribution in [2.24, 2.45) is 0 Å².